The molecule has 0 radical (unpaired) electrons. The van der Waals surface area contributed by atoms with Crippen molar-refractivity contribution in [3.63, 3.8) is 0 Å². The van der Waals surface area contributed by atoms with Crippen molar-refractivity contribution in [2.75, 3.05) is 13.1 Å². The molecule has 1 N–H and O–H groups in total. The van der Waals surface area contributed by atoms with Gasteiger partial charge in [-0.05, 0) is 48.2 Å². The first kappa shape index (κ1) is 15.2. The zero-order valence-corrected chi connectivity index (χ0v) is 14.6. The highest BCUT2D eigenvalue weighted by Crippen LogP contribution is 2.42. The maximum absolute atomic E-state index is 13.3. The molecule has 3 rings (SSSR count). The second kappa shape index (κ2) is 6.59. The fourth-order valence-electron chi connectivity index (χ4n) is 3.14. The molecule has 4 heteroatoms. The summed E-state index contributed by atoms with van der Waals surface area (Å²) in [6, 6.07) is 13.4. The first-order chi connectivity index (χ1) is 10.2. The smallest absolute Gasteiger partial charge is 0.124 e. The van der Waals surface area contributed by atoms with E-state index in [9.17, 15) is 4.39 Å². The Morgan fingerprint density at radius 2 is 1.71 bits per heavy atom. The third-order valence-electron chi connectivity index (χ3n) is 4.15. The average molecular weight is 413 g/mol. The molecule has 1 saturated heterocycles. The molecule has 0 saturated carbocycles. The highest BCUT2D eigenvalue weighted by atomic mass is 79.9. The maximum atomic E-state index is 13.3. The van der Waals surface area contributed by atoms with Crippen molar-refractivity contribution in [1.82, 2.24) is 5.32 Å². The summed E-state index contributed by atoms with van der Waals surface area (Å²) in [6.45, 7) is 1.94. The minimum atomic E-state index is -0.197. The highest BCUT2D eigenvalue weighted by Gasteiger charge is 2.30. The van der Waals surface area contributed by atoms with E-state index >= 15 is 0 Å². The molecule has 21 heavy (non-hydrogen) atoms. The van der Waals surface area contributed by atoms with Gasteiger partial charge in [0.2, 0.25) is 0 Å². The molecule has 2 unspecified atom stereocenters. The van der Waals surface area contributed by atoms with Crippen LogP contribution in [0, 0.1) is 5.82 Å². The quantitative estimate of drug-likeness (QED) is 0.713. The molecule has 0 aliphatic carbocycles. The van der Waals surface area contributed by atoms with Crippen LogP contribution in [0.1, 0.15) is 29.4 Å². The molecule has 1 aliphatic rings. The second-order valence-electron chi connectivity index (χ2n) is 5.39. The van der Waals surface area contributed by atoms with Gasteiger partial charge in [-0.25, -0.2) is 4.39 Å². The lowest BCUT2D eigenvalue weighted by Crippen LogP contribution is -2.34. The number of hydrogen-bond acceptors (Lipinski definition) is 1. The summed E-state index contributed by atoms with van der Waals surface area (Å²) in [5.74, 6) is 0.577. The number of piperidine rings is 1. The van der Waals surface area contributed by atoms with Crippen molar-refractivity contribution in [1.29, 1.82) is 0 Å². The summed E-state index contributed by atoms with van der Waals surface area (Å²) in [5, 5.41) is 3.48. The van der Waals surface area contributed by atoms with Crippen LogP contribution in [0.2, 0.25) is 0 Å². The zero-order valence-electron chi connectivity index (χ0n) is 11.5. The molecule has 1 heterocycles. The van der Waals surface area contributed by atoms with E-state index in [0.717, 1.165) is 28.5 Å². The summed E-state index contributed by atoms with van der Waals surface area (Å²) < 4.78 is 15.4. The van der Waals surface area contributed by atoms with E-state index in [-0.39, 0.29) is 5.82 Å². The van der Waals surface area contributed by atoms with Crippen LogP contribution in [0.3, 0.4) is 0 Å². The highest BCUT2D eigenvalue weighted by molar-refractivity contribution is 9.10. The van der Waals surface area contributed by atoms with Crippen LogP contribution in [0.15, 0.2) is 51.4 Å². The third kappa shape index (κ3) is 3.22. The summed E-state index contributed by atoms with van der Waals surface area (Å²) in [7, 11) is 0. The van der Waals surface area contributed by atoms with Gasteiger partial charge in [0.1, 0.15) is 5.82 Å². The van der Waals surface area contributed by atoms with E-state index in [0.29, 0.717) is 11.8 Å². The van der Waals surface area contributed by atoms with Gasteiger partial charge in [-0.3, -0.25) is 0 Å². The lowest BCUT2D eigenvalue weighted by atomic mass is 9.77. The van der Waals surface area contributed by atoms with Crippen LogP contribution < -0.4 is 5.32 Å². The molecule has 110 valence electrons. The molecule has 2 aromatic carbocycles. The Bertz CT molecular complexity index is 644. The van der Waals surface area contributed by atoms with Gasteiger partial charge in [-0.15, -0.1) is 0 Å². The van der Waals surface area contributed by atoms with Gasteiger partial charge < -0.3 is 5.32 Å². The summed E-state index contributed by atoms with van der Waals surface area (Å²) >= 11 is 7.19. The number of benzene rings is 2. The Kier molecular flexibility index (Phi) is 4.77. The monoisotopic (exact) mass is 411 g/mol. The molecular weight excluding hydrogens is 397 g/mol. The molecule has 0 bridgehead atoms. The lowest BCUT2D eigenvalue weighted by Gasteiger charge is -2.34. The second-order valence-corrected chi connectivity index (χ2v) is 7.10. The van der Waals surface area contributed by atoms with Crippen molar-refractivity contribution in [3.05, 3.63) is 68.4 Å². The van der Waals surface area contributed by atoms with E-state index in [1.807, 2.05) is 12.1 Å². The predicted octanol–water partition coefficient (Wildman–Crippen LogP) is 5.21. The van der Waals surface area contributed by atoms with Crippen molar-refractivity contribution < 1.29 is 4.39 Å². The van der Waals surface area contributed by atoms with Gasteiger partial charge >= 0.3 is 0 Å². The molecule has 2 aromatic rings. The van der Waals surface area contributed by atoms with Crippen molar-refractivity contribution in [2.45, 2.75) is 18.3 Å². The molecule has 1 aliphatic heterocycles. The van der Waals surface area contributed by atoms with Crippen LogP contribution in [0.25, 0.3) is 0 Å². The SMILES string of the molecule is Fc1ccc(C2CCNCC2c2ccccc2Br)c(Br)c1. The van der Waals surface area contributed by atoms with E-state index in [4.69, 9.17) is 0 Å². The third-order valence-corrected chi connectivity index (χ3v) is 5.56. The standard InChI is InChI=1S/C17H16Br2FN/c18-16-4-2-1-3-13(16)15-10-21-8-7-12(15)14-6-5-11(20)9-17(14)19/h1-6,9,12,15,21H,7-8,10H2. The number of rotatable bonds is 2. The molecule has 0 aromatic heterocycles. The topological polar surface area (TPSA) is 12.0 Å². The molecule has 0 spiro atoms. The van der Waals surface area contributed by atoms with Gasteiger partial charge in [0, 0.05) is 21.4 Å². The lowest BCUT2D eigenvalue weighted by molar-refractivity contribution is 0.402. The van der Waals surface area contributed by atoms with E-state index in [1.54, 1.807) is 12.1 Å². The van der Waals surface area contributed by atoms with Crippen LogP contribution in [-0.4, -0.2) is 13.1 Å². The first-order valence-corrected chi connectivity index (χ1v) is 8.65. The van der Waals surface area contributed by atoms with Gasteiger partial charge in [0.05, 0.1) is 0 Å². The van der Waals surface area contributed by atoms with Gasteiger partial charge in [-0.2, -0.15) is 0 Å². The largest absolute Gasteiger partial charge is 0.316 e. The van der Waals surface area contributed by atoms with Crippen molar-refractivity contribution in [2.24, 2.45) is 0 Å². The fourth-order valence-corrected chi connectivity index (χ4v) is 4.36. The Balaban J connectivity index is 2.00. The molecular formula is C17H16Br2FN. The molecule has 2 atom stereocenters. The summed E-state index contributed by atoms with van der Waals surface area (Å²) in [4.78, 5) is 0. The average Bonchev–Trinajstić information content (AvgIpc) is 2.48. The minimum Gasteiger partial charge on any atom is -0.316 e. The van der Waals surface area contributed by atoms with E-state index in [2.05, 4.69) is 55.4 Å². The Labute approximate surface area is 141 Å². The molecule has 1 nitrogen and oxygen atoms in total. The minimum absolute atomic E-state index is 0.197. The maximum Gasteiger partial charge on any atom is 0.124 e. The Morgan fingerprint density at radius 3 is 2.48 bits per heavy atom. The normalized spacial score (nSPS) is 22.2. The fraction of sp³-hybridized carbons (Fsp3) is 0.294. The van der Waals surface area contributed by atoms with Gasteiger partial charge in [-0.1, -0.05) is 56.1 Å². The Morgan fingerprint density at radius 1 is 0.952 bits per heavy atom. The van der Waals surface area contributed by atoms with Crippen molar-refractivity contribution >= 4 is 31.9 Å². The van der Waals surface area contributed by atoms with Crippen LogP contribution in [0.5, 0.6) is 0 Å². The summed E-state index contributed by atoms with van der Waals surface area (Å²) in [5.41, 5.74) is 2.50. The van der Waals surface area contributed by atoms with E-state index in [1.165, 1.54) is 11.1 Å². The zero-order chi connectivity index (χ0) is 14.8. The Hall–Kier alpha value is -0.710. The number of nitrogens with one attached hydrogen (secondary N) is 1. The van der Waals surface area contributed by atoms with Gasteiger partial charge in [0.25, 0.3) is 0 Å². The summed E-state index contributed by atoms with van der Waals surface area (Å²) in [6.07, 6.45) is 1.05. The molecule has 0 amide bonds. The molecule has 1 fully saturated rings. The number of halogens is 3. The van der Waals surface area contributed by atoms with E-state index < -0.39 is 0 Å². The predicted molar refractivity (Wildman–Crippen MR) is 91.2 cm³/mol. The first-order valence-electron chi connectivity index (χ1n) is 7.07. The van der Waals surface area contributed by atoms with Crippen molar-refractivity contribution in [3.8, 4) is 0 Å². The van der Waals surface area contributed by atoms with Gasteiger partial charge in [0.15, 0.2) is 0 Å². The number of hydrogen-bond donors (Lipinski definition) is 1. The van der Waals surface area contributed by atoms with Crippen LogP contribution in [0.4, 0.5) is 4.39 Å². The van der Waals surface area contributed by atoms with Crippen LogP contribution >= 0.6 is 31.9 Å². The van der Waals surface area contributed by atoms with Crippen LogP contribution in [-0.2, 0) is 0 Å².